The summed E-state index contributed by atoms with van der Waals surface area (Å²) in [5.74, 6) is 0.477. The SMILES string of the molecule is CNCC(O)C(c1cccc(F)c1)n1cc(-c2ccc(OC)cc2)c2ccccc21. The van der Waals surface area contributed by atoms with Gasteiger partial charge in [0.05, 0.1) is 19.3 Å². The number of hydrogen-bond donors (Lipinski definition) is 2. The lowest BCUT2D eigenvalue weighted by Gasteiger charge is -2.26. The van der Waals surface area contributed by atoms with Gasteiger partial charge in [0.2, 0.25) is 0 Å². The van der Waals surface area contributed by atoms with E-state index in [1.165, 1.54) is 12.1 Å². The van der Waals surface area contributed by atoms with Gasteiger partial charge in [-0.05, 0) is 48.5 Å². The Morgan fingerprint density at radius 2 is 1.80 bits per heavy atom. The number of fused-ring (bicyclic) bond motifs is 1. The predicted molar refractivity (Wildman–Crippen MR) is 118 cm³/mol. The van der Waals surface area contributed by atoms with Crippen molar-refractivity contribution in [1.29, 1.82) is 0 Å². The van der Waals surface area contributed by atoms with Gasteiger partial charge in [-0.15, -0.1) is 0 Å². The van der Waals surface area contributed by atoms with Gasteiger partial charge >= 0.3 is 0 Å². The number of aliphatic hydroxyl groups excluding tert-OH is 1. The molecule has 0 spiro atoms. The van der Waals surface area contributed by atoms with Crippen LogP contribution >= 0.6 is 0 Å². The molecule has 0 saturated carbocycles. The summed E-state index contributed by atoms with van der Waals surface area (Å²) < 4.78 is 21.4. The van der Waals surface area contributed by atoms with E-state index >= 15 is 0 Å². The second-order valence-corrected chi connectivity index (χ2v) is 7.32. The molecular formula is C25H25FN2O2. The van der Waals surface area contributed by atoms with Crippen LogP contribution in [0.15, 0.2) is 79.0 Å². The number of ether oxygens (including phenoxy) is 1. The summed E-state index contributed by atoms with van der Waals surface area (Å²) >= 11 is 0. The summed E-state index contributed by atoms with van der Waals surface area (Å²) in [7, 11) is 3.44. The molecule has 1 heterocycles. The van der Waals surface area contributed by atoms with Gasteiger partial charge in [-0.3, -0.25) is 0 Å². The molecular weight excluding hydrogens is 379 g/mol. The first-order valence-electron chi connectivity index (χ1n) is 9.94. The van der Waals surface area contributed by atoms with Crippen LogP contribution in [-0.2, 0) is 0 Å². The molecule has 4 aromatic rings. The normalized spacial score (nSPS) is 13.3. The van der Waals surface area contributed by atoms with Crippen LogP contribution in [0.1, 0.15) is 11.6 Å². The molecule has 0 aliphatic carbocycles. The molecule has 30 heavy (non-hydrogen) atoms. The Kier molecular flexibility index (Phi) is 5.84. The third-order valence-electron chi connectivity index (χ3n) is 5.41. The molecule has 4 rings (SSSR count). The van der Waals surface area contributed by atoms with Gasteiger partial charge in [0.25, 0.3) is 0 Å². The number of para-hydroxylation sites is 1. The van der Waals surface area contributed by atoms with Gasteiger partial charge in [0.1, 0.15) is 11.6 Å². The van der Waals surface area contributed by atoms with Crippen LogP contribution in [0.2, 0.25) is 0 Å². The van der Waals surface area contributed by atoms with E-state index in [-0.39, 0.29) is 5.82 Å². The number of aliphatic hydroxyl groups is 1. The Bertz CT molecular complexity index is 1140. The molecule has 0 aliphatic rings. The average molecular weight is 404 g/mol. The monoisotopic (exact) mass is 404 g/mol. The van der Waals surface area contributed by atoms with E-state index in [0.29, 0.717) is 6.54 Å². The third kappa shape index (κ3) is 3.82. The average Bonchev–Trinajstić information content (AvgIpc) is 3.14. The van der Waals surface area contributed by atoms with Crippen molar-refractivity contribution in [2.75, 3.05) is 20.7 Å². The number of nitrogens with one attached hydrogen (secondary N) is 1. The van der Waals surface area contributed by atoms with Gasteiger partial charge < -0.3 is 19.7 Å². The maximum Gasteiger partial charge on any atom is 0.123 e. The zero-order chi connectivity index (χ0) is 21.1. The van der Waals surface area contributed by atoms with E-state index in [9.17, 15) is 9.50 Å². The fourth-order valence-electron chi connectivity index (χ4n) is 4.01. The van der Waals surface area contributed by atoms with E-state index in [2.05, 4.69) is 11.4 Å². The van der Waals surface area contributed by atoms with E-state index in [1.807, 2.05) is 59.3 Å². The lowest BCUT2D eigenvalue weighted by atomic mass is 10.0. The lowest BCUT2D eigenvalue weighted by Crippen LogP contribution is -2.33. The zero-order valence-electron chi connectivity index (χ0n) is 17.0. The van der Waals surface area contributed by atoms with Crippen LogP contribution in [0.4, 0.5) is 4.39 Å². The second-order valence-electron chi connectivity index (χ2n) is 7.32. The maximum atomic E-state index is 14.0. The Morgan fingerprint density at radius 3 is 2.50 bits per heavy atom. The standard InChI is InChI=1S/C25H25FN2O2/c1-27-15-24(29)25(18-6-5-7-19(26)14-18)28-16-22(21-8-3-4-9-23(21)28)17-10-12-20(30-2)13-11-17/h3-14,16,24-25,27,29H,15H2,1-2H3. The van der Waals surface area contributed by atoms with Gasteiger partial charge in [-0.2, -0.15) is 0 Å². The Morgan fingerprint density at radius 1 is 1.03 bits per heavy atom. The van der Waals surface area contributed by atoms with E-state index in [4.69, 9.17) is 4.74 Å². The molecule has 0 fully saturated rings. The minimum Gasteiger partial charge on any atom is -0.497 e. The van der Waals surface area contributed by atoms with Crippen molar-refractivity contribution >= 4 is 10.9 Å². The van der Waals surface area contributed by atoms with Crippen molar-refractivity contribution < 1.29 is 14.2 Å². The van der Waals surface area contributed by atoms with Crippen LogP contribution in [0.3, 0.4) is 0 Å². The number of rotatable bonds is 7. The van der Waals surface area contributed by atoms with Crippen LogP contribution in [0.25, 0.3) is 22.0 Å². The highest BCUT2D eigenvalue weighted by Crippen LogP contribution is 2.36. The Hall–Kier alpha value is -3.15. The summed E-state index contributed by atoms with van der Waals surface area (Å²) in [6.07, 6.45) is 1.30. The summed E-state index contributed by atoms with van der Waals surface area (Å²) in [5.41, 5.74) is 3.80. The molecule has 0 amide bonds. The van der Waals surface area contributed by atoms with Gasteiger partial charge in [0.15, 0.2) is 0 Å². The van der Waals surface area contributed by atoms with Crippen LogP contribution in [0, 0.1) is 5.82 Å². The summed E-state index contributed by atoms with van der Waals surface area (Å²) in [5, 5.41) is 15.1. The van der Waals surface area contributed by atoms with Crippen LogP contribution < -0.4 is 10.1 Å². The predicted octanol–water partition coefficient (Wildman–Crippen LogP) is 4.63. The number of nitrogens with zero attached hydrogens (tertiary/aromatic N) is 1. The fourth-order valence-corrected chi connectivity index (χ4v) is 4.01. The van der Waals surface area contributed by atoms with E-state index in [1.54, 1.807) is 20.2 Å². The highest BCUT2D eigenvalue weighted by molar-refractivity contribution is 5.96. The first-order valence-corrected chi connectivity index (χ1v) is 9.94. The highest BCUT2D eigenvalue weighted by Gasteiger charge is 2.25. The zero-order valence-corrected chi connectivity index (χ0v) is 17.0. The minimum absolute atomic E-state index is 0.319. The number of halogens is 1. The van der Waals surface area contributed by atoms with Crippen molar-refractivity contribution in [2.24, 2.45) is 0 Å². The third-order valence-corrected chi connectivity index (χ3v) is 5.41. The topological polar surface area (TPSA) is 46.4 Å². The number of likely N-dealkylation sites (N-methyl/N-ethyl adjacent to an activating group) is 1. The highest BCUT2D eigenvalue weighted by atomic mass is 19.1. The maximum absolute atomic E-state index is 14.0. The molecule has 0 saturated heterocycles. The summed E-state index contributed by atoms with van der Waals surface area (Å²) in [6.45, 7) is 0.381. The first kappa shape index (κ1) is 20.1. The molecule has 0 aliphatic heterocycles. The number of aromatic nitrogens is 1. The van der Waals surface area contributed by atoms with Gasteiger partial charge in [0, 0.05) is 29.2 Å². The molecule has 0 radical (unpaired) electrons. The van der Waals surface area contributed by atoms with Crippen molar-refractivity contribution in [3.8, 4) is 16.9 Å². The van der Waals surface area contributed by atoms with Crippen molar-refractivity contribution in [2.45, 2.75) is 12.1 Å². The summed E-state index contributed by atoms with van der Waals surface area (Å²) in [6, 6.07) is 22.0. The van der Waals surface area contributed by atoms with Crippen molar-refractivity contribution in [3.05, 3.63) is 90.4 Å². The largest absolute Gasteiger partial charge is 0.497 e. The van der Waals surface area contributed by atoms with Crippen molar-refractivity contribution in [3.63, 3.8) is 0 Å². The molecule has 5 heteroatoms. The second kappa shape index (κ2) is 8.69. The molecule has 154 valence electrons. The fraction of sp³-hybridized carbons (Fsp3) is 0.200. The number of hydrogen-bond acceptors (Lipinski definition) is 3. The van der Waals surface area contributed by atoms with Crippen molar-refractivity contribution in [1.82, 2.24) is 9.88 Å². The molecule has 2 N–H and O–H groups in total. The molecule has 2 unspecified atom stereocenters. The summed E-state index contributed by atoms with van der Waals surface area (Å²) in [4.78, 5) is 0. The molecule has 1 aromatic heterocycles. The Labute approximate surface area is 175 Å². The number of methoxy groups -OCH3 is 1. The number of benzene rings is 3. The van der Waals surface area contributed by atoms with E-state index in [0.717, 1.165) is 33.3 Å². The van der Waals surface area contributed by atoms with Crippen LogP contribution in [0.5, 0.6) is 5.75 Å². The first-order chi connectivity index (χ1) is 14.6. The van der Waals surface area contributed by atoms with Gasteiger partial charge in [-0.1, -0.05) is 42.5 Å². The lowest BCUT2D eigenvalue weighted by molar-refractivity contribution is 0.132. The molecule has 0 bridgehead atoms. The quantitative estimate of drug-likeness (QED) is 0.472. The molecule has 2 atom stereocenters. The minimum atomic E-state index is -0.740. The molecule has 4 nitrogen and oxygen atoms in total. The van der Waals surface area contributed by atoms with Gasteiger partial charge in [-0.25, -0.2) is 4.39 Å². The smallest absolute Gasteiger partial charge is 0.123 e. The van der Waals surface area contributed by atoms with Crippen LogP contribution in [-0.4, -0.2) is 36.5 Å². The Balaban J connectivity index is 1.91. The van der Waals surface area contributed by atoms with E-state index < -0.39 is 12.1 Å². The molecule has 3 aromatic carbocycles.